The molecule has 1 atom stereocenters. The molecular weight excluding hydrogens is 272 g/mol. The van der Waals surface area contributed by atoms with Gasteiger partial charge >= 0.3 is 12.0 Å². The predicted octanol–water partition coefficient (Wildman–Crippen LogP) is 0.129. The van der Waals surface area contributed by atoms with Crippen LogP contribution in [0.5, 0.6) is 0 Å². The summed E-state index contributed by atoms with van der Waals surface area (Å²) in [6, 6.07) is -0.524. The van der Waals surface area contributed by atoms with Crippen molar-refractivity contribution in [1.82, 2.24) is 20.0 Å². The van der Waals surface area contributed by atoms with Gasteiger partial charge in [-0.25, -0.2) is 4.79 Å². The number of hydrogen-bond donors (Lipinski definition) is 2. The molecule has 1 rings (SSSR count). The number of nitrogens with one attached hydrogen (secondary N) is 1. The second-order valence-corrected chi connectivity index (χ2v) is 5.78. The van der Waals surface area contributed by atoms with E-state index in [2.05, 4.69) is 10.2 Å². The summed E-state index contributed by atoms with van der Waals surface area (Å²) in [6.45, 7) is 5.80. The highest BCUT2D eigenvalue weighted by Gasteiger charge is 2.26. The molecule has 1 heterocycles. The van der Waals surface area contributed by atoms with Gasteiger partial charge in [0.25, 0.3) is 0 Å². The van der Waals surface area contributed by atoms with E-state index >= 15 is 0 Å². The van der Waals surface area contributed by atoms with E-state index in [0.717, 1.165) is 19.4 Å². The topological polar surface area (TPSA) is 76.1 Å². The van der Waals surface area contributed by atoms with Gasteiger partial charge in [0, 0.05) is 32.7 Å². The van der Waals surface area contributed by atoms with Crippen molar-refractivity contribution in [1.29, 1.82) is 0 Å². The summed E-state index contributed by atoms with van der Waals surface area (Å²) in [6.07, 6.45) is 2.04. The Hall–Kier alpha value is -1.34. The quantitative estimate of drug-likeness (QED) is 0.654. The molecule has 7 nitrogen and oxygen atoms in total. The zero-order chi connectivity index (χ0) is 15.8. The summed E-state index contributed by atoms with van der Waals surface area (Å²) in [4.78, 5) is 28.7. The predicted molar refractivity (Wildman–Crippen MR) is 81.4 cm³/mol. The minimum Gasteiger partial charge on any atom is -0.480 e. The third kappa shape index (κ3) is 6.31. The van der Waals surface area contributed by atoms with E-state index in [4.69, 9.17) is 5.11 Å². The number of carboxylic acids is 1. The van der Waals surface area contributed by atoms with Crippen LogP contribution in [0.3, 0.4) is 0 Å². The SMILES string of the molecule is CC(C(=O)O)N1CCN(C(=O)NCCCCN(C)C)CC1. The summed E-state index contributed by atoms with van der Waals surface area (Å²) in [5.41, 5.74) is 0. The zero-order valence-electron chi connectivity index (χ0n) is 13.3. The van der Waals surface area contributed by atoms with Crippen LogP contribution in [0.2, 0.25) is 0 Å². The molecule has 0 aromatic carbocycles. The van der Waals surface area contributed by atoms with Gasteiger partial charge in [-0.2, -0.15) is 0 Å². The van der Waals surface area contributed by atoms with Gasteiger partial charge in [-0.15, -0.1) is 0 Å². The molecule has 0 radical (unpaired) electrons. The van der Waals surface area contributed by atoms with Crippen LogP contribution in [0, 0.1) is 0 Å². The smallest absolute Gasteiger partial charge is 0.320 e. The molecule has 21 heavy (non-hydrogen) atoms. The van der Waals surface area contributed by atoms with Crippen LogP contribution in [0.4, 0.5) is 4.79 Å². The highest BCUT2D eigenvalue weighted by molar-refractivity contribution is 5.74. The summed E-state index contributed by atoms with van der Waals surface area (Å²) in [7, 11) is 4.08. The Labute approximate surface area is 126 Å². The van der Waals surface area contributed by atoms with Gasteiger partial charge < -0.3 is 20.2 Å². The normalized spacial score (nSPS) is 17.8. The number of carboxylic acid groups (broad SMARTS) is 1. The molecular formula is C14H28N4O3. The highest BCUT2D eigenvalue weighted by Crippen LogP contribution is 2.06. The average Bonchev–Trinajstić information content (AvgIpc) is 2.45. The van der Waals surface area contributed by atoms with E-state index in [1.807, 2.05) is 19.0 Å². The minimum absolute atomic E-state index is 0.0394. The molecule has 2 amide bonds. The van der Waals surface area contributed by atoms with Gasteiger partial charge in [0.2, 0.25) is 0 Å². The second-order valence-electron chi connectivity index (χ2n) is 5.78. The van der Waals surface area contributed by atoms with E-state index < -0.39 is 12.0 Å². The number of piperazine rings is 1. The van der Waals surface area contributed by atoms with Crippen molar-refractivity contribution in [2.24, 2.45) is 0 Å². The van der Waals surface area contributed by atoms with Crippen molar-refractivity contribution in [3.8, 4) is 0 Å². The van der Waals surface area contributed by atoms with Gasteiger partial charge in [-0.3, -0.25) is 9.69 Å². The molecule has 0 saturated carbocycles. The molecule has 1 fully saturated rings. The van der Waals surface area contributed by atoms with Crippen LogP contribution in [-0.4, -0.2) is 91.2 Å². The number of rotatable bonds is 7. The molecule has 1 unspecified atom stereocenters. The number of unbranched alkanes of at least 4 members (excludes halogenated alkanes) is 1. The van der Waals surface area contributed by atoms with Crippen LogP contribution >= 0.6 is 0 Å². The largest absolute Gasteiger partial charge is 0.480 e. The number of carbonyl (C=O) groups is 2. The number of hydrogen-bond acceptors (Lipinski definition) is 4. The van der Waals surface area contributed by atoms with Gasteiger partial charge in [-0.1, -0.05) is 0 Å². The summed E-state index contributed by atoms with van der Waals surface area (Å²) in [5.74, 6) is -0.811. The van der Waals surface area contributed by atoms with Crippen LogP contribution < -0.4 is 5.32 Å². The summed E-state index contributed by atoms with van der Waals surface area (Å²) in [5, 5.41) is 11.9. The fraction of sp³-hybridized carbons (Fsp3) is 0.857. The van der Waals surface area contributed by atoms with Gasteiger partial charge in [0.05, 0.1) is 0 Å². The lowest BCUT2D eigenvalue weighted by atomic mass is 10.2. The molecule has 0 aliphatic carbocycles. The van der Waals surface area contributed by atoms with Crippen molar-refractivity contribution in [3.63, 3.8) is 0 Å². The van der Waals surface area contributed by atoms with E-state index in [1.165, 1.54) is 0 Å². The van der Waals surface area contributed by atoms with Crippen LogP contribution in [-0.2, 0) is 4.79 Å². The number of aliphatic carboxylic acids is 1. The number of carbonyl (C=O) groups excluding carboxylic acids is 1. The fourth-order valence-corrected chi connectivity index (χ4v) is 2.33. The second kappa shape index (κ2) is 8.84. The molecule has 122 valence electrons. The Morgan fingerprint density at radius 3 is 2.33 bits per heavy atom. The zero-order valence-corrected chi connectivity index (χ0v) is 13.3. The number of urea groups is 1. The van der Waals surface area contributed by atoms with Crippen molar-refractivity contribution < 1.29 is 14.7 Å². The molecule has 0 spiro atoms. The molecule has 0 aromatic heterocycles. The van der Waals surface area contributed by atoms with Gasteiger partial charge in [0.15, 0.2) is 0 Å². The van der Waals surface area contributed by atoms with E-state index in [1.54, 1.807) is 11.8 Å². The number of nitrogens with zero attached hydrogens (tertiary/aromatic N) is 3. The monoisotopic (exact) mass is 300 g/mol. The Bertz CT molecular complexity index is 341. The van der Waals surface area contributed by atoms with E-state index in [9.17, 15) is 9.59 Å². The third-order valence-corrected chi connectivity index (χ3v) is 3.81. The van der Waals surface area contributed by atoms with E-state index in [-0.39, 0.29) is 6.03 Å². The van der Waals surface area contributed by atoms with Crippen LogP contribution in [0.25, 0.3) is 0 Å². The molecule has 1 saturated heterocycles. The molecule has 2 N–H and O–H groups in total. The van der Waals surface area contributed by atoms with Crippen molar-refractivity contribution in [2.75, 3.05) is 53.4 Å². The molecule has 7 heteroatoms. The Morgan fingerprint density at radius 2 is 1.81 bits per heavy atom. The maximum Gasteiger partial charge on any atom is 0.320 e. The Morgan fingerprint density at radius 1 is 1.19 bits per heavy atom. The first-order chi connectivity index (χ1) is 9.91. The first-order valence-electron chi connectivity index (χ1n) is 7.56. The standard InChI is InChI=1S/C14H28N4O3/c1-12(13(19)20)17-8-10-18(11-9-17)14(21)15-6-4-5-7-16(2)3/h12H,4-11H2,1-3H3,(H,15,21)(H,19,20). The minimum atomic E-state index is -0.811. The average molecular weight is 300 g/mol. The first-order valence-corrected chi connectivity index (χ1v) is 7.56. The summed E-state index contributed by atoms with van der Waals surface area (Å²) >= 11 is 0. The molecule has 1 aliphatic heterocycles. The fourth-order valence-electron chi connectivity index (χ4n) is 2.33. The Balaban J connectivity index is 2.18. The third-order valence-electron chi connectivity index (χ3n) is 3.81. The van der Waals surface area contributed by atoms with Crippen LogP contribution in [0.15, 0.2) is 0 Å². The van der Waals surface area contributed by atoms with Gasteiger partial charge in [-0.05, 0) is 40.4 Å². The van der Waals surface area contributed by atoms with Crippen LogP contribution in [0.1, 0.15) is 19.8 Å². The number of amides is 2. The summed E-state index contributed by atoms with van der Waals surface area (Å²) < 4.78 is 0. The van der Waals surface area contributed by atoms with Crippen molar-refractivity contribution >= 4 is 12.0 Å². The van der Waals surface area contributed by atoms with Gasteiger partial charge in [0.1, 0.15) is 6.04 Å². The maximum atomic E-state index is 12.0. The first kappa shape index (κ1) is 17.7. The van der Waals surface area contributed by atoms with Crippen molar-refractivity contribution in [3.05, 3.63) is 0 Å². The Kier molecular flexibility index (Phi) is 7.45. The molecule has 1 aliphatic rings. The molecule has 0 aromatic rings. The maximum absolute atomic E-state index is 12.0. The molecule has 0 bridgehead atoms. The van der Waals surface area contributed by atoms with Crippen molar-refractivity contribution in [2.45, 2.75) is 25.8 Å². The lowest BCUT2D eigenvalue weighted by Gasteiger charge is -2.36. The van der Waals surface area contributed by atoms with E-state index in [0.29, 0.717) is 32.7 Å². The highest BCUT2D eigenvalue weighted by atomic mass is 16.4. The lowest BCUT2D eigenvalue weighted by Crippen LogP contribution is -2.55. The lowest BCUT2D eigenvalue weighted by molar-refractivity contribution is -0.143.